The van der Waals surface area contributed by atoms with Crippen molar-refractivity contribution in [1.29, 1.82) is 0 Å². The van der Waals surface area contributed by atoms with Crippen LogP contribution in [0.3, 0.4) is 0 Å². The molecule has 1 aliphatic rings. The number of halogens is 2. The molecule has 0 bridgehead atoms. The van der Waals surface area contributed by atoms with Crippen molar-refractivity contribution < 1.29 is 18.7 Å². The van der Waals surface area contributed by atoms with E-state index in [1.807, 2.05) is 13.0 Å². The zero-order valence-corrected chi connectivity index (χ0v) is 18.4. The van der Waals surface area contributed by atoms with Crippen LogP contribution in [0.1, 0.15) is 19.4 Å². The molecule has 0 radical (unpaired) electrons. The third-order valence-corrected chi connectivity index (χ3v) is 4.06. The fourth-order valence-corrected chi connectivity index (χ4v) is 2.76. The number of ether oxygens (including phenoxy) is 2. The maximum Gasteiger partial charge on any atom is 0.409 e. The summed E-state index contributed by atoms with van der Waals surface area (Å²) in [6, 6.07) is 4.92. The first-order valence-corrected chi connectivity index (χ1v) is 8.87. The highest BCUT2D eigenvalue weighted by atomic mass is 127. The summed E-state index contributed by atoms with van der Waals surface area (Å²) in [5.74, 6) is 0.614. The molecule has 1 aliphatic heterocycles. The molecule has 0 aliphatic carbocycles. The minimum Gasteiger partial charge on any atom is -0.491 e. The maximum absolute atomic E-state index is 13.9. The van der Waals surface area contributed by atoms with Crippen LogP contribution in [0.5, 0.6) is 5.75 Å². The van der Waals surface area contributed by atoms with Crippen molar-refractivity contribution in [1.82, 2.24) is 15.1 Å². The molecule has 9 heteroatoms. The Morgan fingerprint density at radius 2 is 1.85 bits per heavy atom. The predicted octanol–water partition coefficient (Wildman–Crippen LogP) is 2.69. The smallest absolute Gasteiger partial charge is 0.409 e. The van der Waals surface area contributed by atoms with E-state index in [9.17, 15) is 9.18 Å². The summed E-state index contributed by atoms with van der Waals surface area (Å²) in [6.45, 7) is 7.36. The van der Waals surface area contributed by atoms with Crippen LogP contribution in [0, 0.1) is 5.82 Å². The molecule has 1 N–H and O–H groups in total. The van der Waals surface area contributed by atoms with Crippen molar-refractivity contribution in [3.63, 3.8) is 0 Å². The predicted molar refractivity (Wildman–Crippen MR) is 113 cm³/mol. The Morgan fingerprint density at radius 1 is 1.19 bits per heavy atom. The first-order valence-electron chi connectivity index (χ1n) is 8.87. The van der Waals surface area contributed by atoms with Gasteiger partial charge in [0.1, 0.15) is 0 Å². The van der Waals surface area contributed by atoms with Gasteiger partial charge >= 0.3 is 6.09 Å². The number of nitrogens with one attached hydrogen (secondary N) is 1. The molecule has 2 rings (SSSR count). The number of benzene rings is 1. The van der Waals surface area contributed by atoms with Crippen LogP contribution in [0.2, 0.25) is 0 Å². The molecular weight excluding hydrogens is 466 g/mol. The van der Waals surface area contributed by atoms with Gasteiger partial charge in [-0.15, -0.1) is 24.0 Å². The summed E-state index contributed by atoms with van der Waals surface area (Å²) in [4.78, 5) is 19.8. The summed E-state index contributed by atoms with van der Waals surface area (Å²) in [5, 5.41) is 3.24. The van der Waals surface area contributed by atoms with E-state index in [4.69, 9.17) is 9.47 Å². The van der Waals surface area contributed by atoms with Gasteiger partial charge in [0, 0.05) is 39.8 Å². The number of aliphatic imine (C=N–C) groups is 1. The Bertz CT molecular complexity index is 637. The number of guanidine groups is 1. The van der Waals surface area contributed by atoms with Crippen molar-refractivity contribution in [2.75, 3.05) is 46.4 Å². The van der Waals surface area contributed by atoms with Gasteiger partial charge in [-0.3, -0.25) is 4.99 Å². The molecule has 7 nitrogen and oxygen atoms in total. The second-order valence-corrected chi connectivity index (χ2v) is 5.77. The molecule has 152 valence electrons. The summed E-state index contributed by atoms with van der Waals surface area (Å²) >= 11 is 0. The van der Waals surface area contributed by atoms with Crippen LogP contribution in [0.4, 0.5) is 9.18 Å². The van der Waals surface area contributed by atoms with E-state index < -0.39 is 0 Å². The van der Waals surface area contributed by atoms with Gasteiger partial charge in [-0.05, 0) is 31.5 Å². The minimum absolute atomic E-state index is 0. The Kier molecular flexibility index (Phi) is 10.2. The van der Waals surface area contributed by atoms with Crippen molar-refractivity contribution in [3.05, 3.63) is 29.6 Å². The van der Waals surface area contributed by atoms with E-state index in [1.165, 1.54) is 6.07 Å². The topological polar surface area (TPSA) is 66.4 Å². The number of hydrogen-bond donors (Lipinski definition) is 1. The monoisotopic (exact) mass is 494 g/mol. The first-order chi connectivity index (χ1) is 12.6. The van der Waals surface area contributed by atoms with Crippen LogP contribution in [0.15, 0.2) is 23.2 Å². The van der Waals surface area contributed by atoms with Crippen LogP contribution in [-0.4, -0.2) is 68.3 Å². The largest absolute Gasteiger partial charge is 0.491 e. The Labute approximate surface area is 176 Å². The third kappa shape index (κ3) is 6.71. The first kappa shape index (κ1) is 23.3. The number of hydrogen-bond acceptors (Lipinski definition) is 4. The van der Waals surface area contributed by atoms with Crippen molar-refractivity contribution in [3.8, 4) is 5.75 Å². The number of amides is 1. The van der Waals surface area contributed by atoms with Crippen LogP contribution < -0.4 is 10.1 Å². The van der Waals surface area contributed by atoms with Gasteiger partial charge in [-0.1, -0.05) is 6.07 Å². The van der Waals surface area contributed by atoms with E-state index in [1.54, 1.807) is 24.9 Å². The molecule has 1 amide bonds. The SMILES string of the molecule is CCOC(=O)N1CCN(C(=NC)NCc2ccc(OCC)c(F)c2)CC1.I. The normalized spacial score (nSPS) is 14.4. The van der Waals surface area contributed by atoms with E-state index >= 15 is 0 Å². The van der Waals surface area contributed by atoms with Gasteiger partial charge in [0.05, 0.1) is 13.2 Å². The van der Waals surface area contributed by atoms with Gasteiger partial charge in [0.15, 0.2) is 17.5 Å². The van der Waals surface area contributed by atoms with Gasteiger partial charge in [0.2, 0.25) is 0 Å². The molecule has 1 fully saturated rings. The second kappa shape index (κ2) is 11.8. The second-order valence-electron chi connectivity index (χ2n) is 5.77. The number of nitrogens with zero attached hydrogens (tertiary/aromatic N) is 3. The molecule has 0 atom stereocenters. The Balaban J connectivity index is 0.00000364. The molecule has 1 aromatic carbocycles. The number of carbonyl (C=O) groups excluding carboxylic acids is 1. The fourth-order valence-electron chi connectivity index (χ4n) is 2.76. The lowest BCUT2D eigenvalue weighted by molar-refractivity contribution is 0.0914. The maximum atomic E-state index is 13.9. The summed E-state index contributed by atoms with van der Waals surface area (Å²) in [7, 11) is 1.71. The molecule has 27 heavy (non-hydrogen) atoms. The summed E-state index contributed by atoms with van der Waals surface area (Å²) in [6.07, 6.45) is -0.278. The molecule has 0 spiro atoms. The van der Waals surface area contributed by atoms with Gasteiger partial charge in [-0.25, -0.2) is 9.18 Å². The van der Waals surface area contributed by atoms with Gasteiger partial charge in [0.25, 0.3) is 0 Å². The third-order valence-electron chi connectivity index (χ3n) is 4.06. The van der Waals surface area contributed by atoms with Gasteiger partial charge < -0.3 is 24.6 Å². The fraction of sp³-hybridized carbons (Fsp3) is 0.556. The zero-order chi connectivity index (χ0) is 18.9. The lowest BCUT2D eigenvalue weighted by atomic mass is 10.2. The number of carbonyl (C=O) groups is 1. The van der Waals surface area contributed by atoms with Crippen LogP contribution in [0.25, 0.3) is 0 Å². The van der Waals surface area contributed by atoms with Crippen molar-refractivity contribution >= 4 is 36.0 Å². The highest BCUT2D eigenvalue weighted by Crippen LogP contribution is 2.18. The Morgan fingerprint density at radius 3 is 2.41 bits per heavy atom. The highest BCUT2D eigenvalue weighted by molar-refractivity contribution is 14.0. The minimum atomic E-state index is -0.371. The molecule has 1 aromatic rings. The summed E-state index contributed by atoms with van der Waals surface area (Å²) < 4.78 is 24.2. The van der Waals surface area contributed by atoms with E-state index in [-0.39, 0.29) is 41.6 Å². The molecule has 0 aromatic heterocycles. The lowest BCUT2D eigenvalue weighted by Crippen LogP contribution is -2.53. The van der Waals surface area contributed by atoms with Crippen molar-refractivity contribution in [2.24, 2.45) is 4.99 Å². The van der Waals surface area contributed by atoms with Gasteiger partial charge in [-0.2, -0.15) is 0 Å². The standard InChI is InChI=1S/C18H27FN4O3.HI/c1-4-25-16-7-6-14(12-15(16)19)13-21-17(20-3)22-8-10-23(11-9-22)18(24)26-5-2;/h6-7,12H,4-5,8-11,13H2,1-3H3,(H,20,21);1H. The van der Waals surface area contributed by atoms with E-state index in [0.29, 0.717) is 45.9 Å². The molecular formula is C18H28FIN4O3. The molecule has 1 heterocycles. The molecule has 0 saturated carbocycles. The zero-order valence-electron chi connectivity index (χ0n) is 16.0. The van der Waals surface area contributed by atoms with E-state index in [0.717, 1.165) is 11.5 Å². The number of rotatable bonds is 5. The van der Waals surface area contributed by atoms with E-state index in [2.05, 4.69) is 15.2 Å². The Hall–Kier alpha value is -1.78. The number of piperazine rings is 1. The lowest BCUT2D eigenvalue weighted by Gasteiger charge is -2.35. The quantitative estimate of drug-likeness (QED) is 0.388. The highest BCUT2D eigenvalue weighted by Gasteiger charge is 2.23. The van der Waals surface area contributed by atoms with Crippen LogP contribution in [-0.2, 0) is 11.3 Å². The summed E-state index contributed by atoms with van der Waals surface area (Å²) in [5.41, 5.74) is 0.803. The molecule has 0 unspecified atom stereocenters. The molecule has 1 saturated heterocycles. The average molecular weight is 494 g/mol. The van der Waals surface area contributed by atoms with Crippen molar-refractivity contribution in [2.45, 2.75) is 20.4 Å². The average Bonchev–Trinajstić information content (AvgIpc) is 2.65. The van der Waals surface area contributed by atoms with Crippen LogP contribution >= 0.6 is 24.0 Å².